The van der Waals surface area contributed by atoms with Crippen LogP contribution in [0.4, 0.5) is 11.6 Å². The number of nitrogens with one attached hydrogen (secondary N) is 2. The quantitative estimate of drug-likeness (QED) is 0.812. The van der Waals surface area contributed by atoms with E-state index in [1.54, 1.807) is 12.1 Å². The molecule has 2 N–H and O–H groups in total. The van der Waals surface area contributed by atoms with E-state index in [0.717, 1.165) is 12.8 Å². The topological polar surface area (TPSA) is 84.0 Å². The molecule has 0 amide bonds. The van der Waals surface area contributed by atoms with E-state index < -0.39 is 10.0 Å². The van der Waals surface area contributed by atoms with E-state index in [0.29, 0.717) is 11.9 Å². The highest BCUT2D eigenvalue weighted by Crippen LogP contribution is 2.26. The van der Waals surface area contributed by atoms with Crippen LogP contribution < -0.4 is 10.0 Å². The summed E-state index contributed by atoms with van der Waals surface area (Å²) in [6, 6.07) is 7.78. The van der Waals surface area contributed by atoms with Crippen LogP contribution in [0.25, 0.3) is 0 Å². The van der Waals surface area contributed by atoms with Crippen LogP contribution in [0, 0.1) is 0 Å². The summed E-state index contributed by atoms with van der Waals surface area (Å²) in [5, 5.41) is 11.7. The summed E-state index contributed by atoms with van der Waals surface area (Å²) in [5.74, 6) is 0.775. The van der Waals surface area contributed by atoms with E-state index in [9.17, 15) is 8.42 Å². The van der Waals surface area contributed by atoms with Crippen molar-refractivity contribution in [1.29, 1.82) is 0 Å². The fourth-order valence-electron chi connectivity index (χ4n) is 2.58. The number of sulfonamides is 1. The number of hydrogen-bond acceptors (Lipinski definition) is 5. The summed E-state index contributed by atoms with van der Waals surface area (Å²) in [6.07, 6.45) is 4.67. The second-order valence-electron chi connectivity index (χ2n) is 5.61. The Hall–Kier alpha value is -1.57. The average molecular weight is 387 g/mol. The number of rotatable bonds is 5. The first-order valence-electron chi connectivity index (χ1n) is 7.52. The van der Waals surface area contributed by atoms with Crippen LogP contribution in [-0.4, -0.2) is 24.7 Å². The molecule has 1 aromatic heterocycles. The van der Waals surface area contributed by atoms with Gasteiger partial charge in [-0.15, -0.1) is 10.2 Å². The molecule has 1 aliphatic carbocycles. The summed E-state index contributed by atoms with van der Waals surface area (Å²) < 4.78 is 27.0. The lowest BCUT2D eigenvalue weighted by atomic mass is 10.2. The molecule has 0 saturated heterocycles. The average Bonchev–Trinajstić information content (AvgIpc) is 3.04. The van der Waals surface area contributed by atoms with Crippen molar-refractivity contribution in [3.63, 3.8) is 0 Å². The number of aromatic nitrogens is 2. The lowest BCUT2D eigenvalue weighted by Gasteiger charge is -2.12. The zero-order valence-electron chi connectivity index (χ0n) is 12.7. The summed E-state index contributed by atoms with van der Waals surface area (Å²) in [6.45, 7) is 0. The van der Waals surface area contributed by atoms with Crippen LogP contribution in [0.15, 0.2) is 35.2 Å². The van der Waals surface area contributed by atoms with E-state index in [-0.39, 0.29) is 20.8 Å². The lowest BCUT2D eigenvalue weighted by molar-refractivity contribution is 0.601. The molecule has 0 unspecified atom stereocenters. The first kappa shape index (κ1) is 17.3. The molecule has 1 heterocycles. The molecule has 0 radical (unpaired) electrons. The van der Waals surface area contributed by atoms with E-state index in [1.807, 2.05) is 0 Å². The highest BCUT2D eigenvalue weighted by molar-refractivity contribution is 7.92. The predicted octanol–water partition coefficient (Wildman–Crippen LogP) is 3.94. The minimum Gasteiger partial charge on any atom is -0.366 e. The molecule has 128 valence electrons. The second-order valence-corrected chi connectivity index (χ2v) is 8.11. The Morgan fingerprint density at radius 2 is 1.62 bits per heavy atom. The summed E-state index contributed by atoms with van der Waals surface area (Å²) >= 11 is 11.7. The van der Waals surface area contributed by atoms with Crippen LogP contribution in [0.5, 0.6) is 0 Å². The van der Waals surface area contributed by atoms with Crippen LogP contribution in [0.1, 0.15) is 25.7 Å². The molecule has 1 aromatic carbocycles. The largest absolute Gasteiger partial charge is 0.366 e. The maximum absolute atomic E-state index is 12.3. The van der Waals surface area contributed by atoms with Crippen molar-refractivity contribution in [3.8, 4) is 0 Å². The zero-order valence-corrected chi connectivity index (χ0v) is 15.0. The second kappa shape index (κ2) is 7.13. The maximum atomic E-state index is 12.3. The molecule has 0 spiro atoms. The van der Waals surface area contributed by atoms with Gasteiger partial charge in [0.25, 0.3) is 10.0 Å². The molecule has 6 nitrogen and oxygen atoms in total. The van der Waals surface area contributed by atoms with Crippen LogP contribution in [0.2, 0.25) is 10.0 Å². The third kappa shape index (κ3) is 4.09. The zero-order chi connectivity index (χ0) is 17.2. The molecular formula is C15H16Cl2N4O2S. The van der Waals surface area contributed by atoms with Crippen molar-refractivity contribution in [2.24, 2.45) is 0 Å². The molecule has 0 bridgehead atoms. The third-order valence-electron chi connectivity index (χ3n) is 3.81. The van der Waals surface area contributed by atoms with Gasteiger partial charge in [-0.25, -0.2) is 8.42 Å². The molecule has 1 fully saturated rings. The third-order valence-corrected chi connectivity index (χ3v) is 5.90. The van der Waals surface area contributed by atoms with Crippen molar-refractivity contribution in [2.45, 2.75) is 36.6 Å². The van der Waals surface area contributed by atoms with Gasteiger partial charge >= 0.3 is 0 Å². The first-order valence-corrected chi connectivity index (χ1v) is 9.76. The van der Waals surface area contributed by atoms with Gasteiger partial charge in [0, 0.05) is 6.04 Å². The number of anilines is 2. The highest BCUT2D eigenvalue weighted by atomic mass is 35.5. The Morgan fingerprint density at radius 1 is 0.958 bits per heavy atom. The minimum absolute atomic E-state index is 0.00635. The number of benzene rings is 1. The van der Waals surface area contributed by atoms with Gasteiger partial charge in [0.15, 0.2) is 5.82 Å². The normalized spacial score (nSPS) is 15.4. The monoisotopic (exact) mass is 386 g/mol. The van der Waals surface area contributed by atoms with E-state index >= 15 is 0 Å². The summed E-state index contributed by atoms with van der Waals surface area (Å²) in [7, 11) is -3.80. The van der Waals surface area contributed by atoms with Crippen molar-refractivity contribution in [3.05, 3.63) is 40.4 Å². The van der Waals surface area contributed by atoms with Gasteiger partial charge in [-0.05, 0) is 43.2 Å². The fraction of sp³-hybridized carbons (Fsp3) is 0.333. The first-order chi connectivity index (χ1) is 11.4. The molecule has 1 aliphatic rings. The van der Waals surface area contributed by atoms with Crippen LogP contribution in [-0.2, 0) is 10.0 Å². The molecule has 0 atom stereocenters. The lowest BCUT2D eigenvalue weighted by Crippen LogP contribution is -2.17. The molecule has 3 rings (SSSR count). The Kier molecular flexibility index (Phi) is 5.12. The van der Waals surface area contributed by atoms with Crippen molar-refractivity contribution < 1.29 is 8.42 Å². The summed E-state index contributed by atoms with van der Waals surface area (Å²) in [4.78, 5) is 0.00635. The van der Waals surface area contributed by atoms with Gasteiger partial charge in [0.05, 0.1) is 14.9 Å². The Morgan fingerprint density at radius 3 is 2.25 bits per heavy atom. The molecule has 1 saturated carbocycles. The van der Waals surface area contributed by atoms with Crippen molar-refractivity contribution in [1.82, 2.24) is 10.2 Å². The maximum Gasteiger partial charge on any atom is 0.263 e. The molecule has 2 aromatic rings. The molecule has 9 heteroatoms. The number of nitrogens with zero attached hydrogens (tertiary/aromatic N) is 2. The highest BCUT2D eigenvalue weighted by Gasteiger charge is 2.18. The van der Waals surface area contributed by atoms with Gasteiger partial charge in [0.1, 0.15) is 5.82 Å². The van der Waals surface area contributed by atoms with E-state index in [2.05, 4.69) is 20.2 Å². The number of hydrogen-bond donors (Lipinski definition) is 2. The van der Waals surface area contributed by atoms with Gasteiger partial charge < -0.3 is 5.32 Å². The van der Waals surface area contributed by atoms with E-state index in [1.165, 1.54) is 31.0 Å². The molecule has 0 aliphatic heterocycles. The molecule has 24 heavy (non-hydrogen) atoms. The fourth-order valence-corrected chi connectivity index (χ4v) is 3.97. The Balaban J connectivity index is 1.71. The van der Waals surface area contributed by atoms with E-state index in [4.69, 9.17) is 23.2 Å². The van der Waals surface area contributed by atoms with Crippen molar-refractivity contribution in [2.75, 3.05) is 10.0 Å². The van der Waals surface area contributed by atoms with Gasteiger partial charge in [-0.2, -0.15) is 0 Å². The minimum atomic E-state index is -3.80. The summed E-state index contributed by atoms with van der Waals surface area (Å²) in [5.41, 5.74) is 0. The van der Waals surface area contributed by atoms with Crippen LogP contribution in [0.3, 0.4) is 0 Å². The predicted molar refractivity (Wildman–Crippen MR) is 95.2 cm³/mol. The van der Waals surface area contributed by atoms with Gasteiger partial charge in [0.2, 0.25) is 0 Å². The van der Waals surface area contributed by atoms with Crippen molar-refractivity contribution >= 4 is 44.9 Å². The van der Waals surface area contributed by atoms with Gasteiger partial charge in [-0.3, -0.25) is 4.72 Å². The standard InChI is InChI=1S/C15H16Cl2N4O2S/c16-12-6-5-11(9-13(12)17)24(22,23)21-15-8-7-14(19-20-15)18-10-3-1-2-4-10/h5-10H,1-4H2,(H,18,19)(H,20,21). The molecular weight excluding hydrogens is 371 g/mol. The smallest absolute Gasteiger partial charge is 0.263 e. The number of halogens is 2. The van der Waals surface area contributed by atoms with Crippen LogP contribution >= 0.6 is 23.2 Å². The van der Waals surface area contributed by atoms with Gasteiger partial charge in [-0.1, -0.05) is 36.0 Å². The Labute approximate surface area is 150 Å². The Bertz CT molecular complexity index is 822. The SMILES string of the molecule is O=S(=O)(Nc1ccc(NC2CCCC2)nn1)c1ccc(Cl)c(Cl)c1.